The van der Waals surface area contributed by atoms with Crippen LogP contribution in [0.2, 0.25) is 0 Å². The molecule has 0 atom stereocenters. The van der Waals surface area contributed by atoms with Crippen LogP contribution in [-0.2, 0) is 0 Å². The van der Waals surface area contributed by atoms with Crippen molar-refractivity contribution in [3.8, 4) is 0 Å². The molecule has 22 heavy (non-hydrogen) atoms. The Morgan fingerprint density at radius 3 is 1.95 bits per heavy atom. The molecule has 0 aromatic carbocycles. The van der Waals surface area contributed by atoms with Crippen molar-refractivity contribution in [3.63, 3.8) is 0 Å². The van der Waals surface area contributed by atoms with Gasteiger partial charge in [0.1, 0.15) is 0 Å². The summed E-state index contributed by atoms with van der Waals surface area (Å²) in [7, 11) is 0. The van der Waals surface area contributed by atoms with Gasteiger partial charge in [0.2, 0.25) is 0 Å². The number of likely N-dealkylation sites (tertiary alicyclic amines) is 1. The summed E-state index contributed by atoms with van der Waals surface area (Å²) in [5.41, 5.74) is 0.669. The van der Waals surface area contributed by atoms with Crippen molar-refractivity contribution in [3.05, 3.63) is 0 Å². The largest absolute Gasteiger partial charge is 0.303 e. The molecule has 0 unspecified atom stereocenters. The van der Waals surface area contributed by atoms with Crippen LogP contribution in [-0.4, -0.2) is 42.6 Å². The molecule has 2 saturated heterocycles. The van der Waals surface area contributed by atoms with Crippen molar-refractivity contribution in [1.29, 1.82) is 0 Å². The van der Waals surface area contributed by atoms with Crippen molar-refractivity contribution in [2.45, 2.75) is 72.1 Å². The van der Waals surface area contributed by atoms with E-state index in [0.717, 1.165) is 24.9 Å². The minimum atomic E-state index is 0.669. The molecule has 0 radical (unpaired) electrons. The number of hydrazine groups is 1. The van der Waals surface area contributed by atoms with Crippen LogP contribution in [0.1, 0.15) is 72.1 Å². The van der Waals surface area contributed by atoms with Crippen LogP contribution in [0.5, 0.6) is 0 Å². The average Bonchev–Trinajstić information content (AvgIpc) is 2.57. The van der Waals surface area contributed by atoms with Crippen LogP contribution >= 0.6 is 0 Å². The molecule has 2 heterocycles. The molecule has 2 aliphatic heterocycles. The molecule has 0 aromatic rings. The predicted molar refractivity (Wildman–Crippen MR) is 95.6 cm³/mol. The van der Waals surface area contributed by atoms with E-state index in [-0.39, 0.29) is 0 Å². The molecule has 130 valence electrons. The number of hydrogen-bond acceptors (Lipinski definition) is 3. The zero-order valence-electron chi connectivity index (χ0n) is 15.3. The van der Waals surface area contributed by atoms with Crippen LogP contribution < -0.4 is 5.84 Å². The van der Waals surface area contributed by atoms with Crippen LogP contribution in [0.3, 0.4) is 0 Å². The van der Waals surface area contributed by atoms with E-state index in [1.54, 1.807) is 0 Å². The highest BCUT2D eigenvalue weighted by atomic mass is 15.4. The number of nitrogens with zero attached hydrogens (tertiary/aromatic N) is 2. The molecule has 3 nitrogen and oxygen atoms in total. The van der Waals surface area contributed by atoms with Crippen molar-refractivity contribution in [1.82, 2.24) is 9.91 Å². The van der Waals surface area contributed by atoms with Gasteiger partial charge in [-0.15, -0.1) is 0 Å². The van der Waals surface area contributed by atoms with E-state index in [2.05, 4.69) is 11.8 Å². The topological polar surface area (TPSA) is 32.5 Å². The van der Waals surface area contributed by atoms with Gasteiger partial charge in [-0.05, 0) is 81.7 Å². The highest BCUT2D eigenvalue weighted by Crippen LogP contribution is 2.46. The standard InChI is InChI=1S/C17H33N3.C2H6/c1-15-4-10-19(11-5-15)14-16-2-6-17(7-3-16)8-12-20(18)13-9-17;1-2/h15-16H,2-14,18H2,1H3;1-2H3. The van der Waals surface area contributed by atoms with E-state index in [4.69, 9.17) is 5.84 Å². The Balaban J connectivity index is 0.000000847. The third-order valence-corrected chi connectivity index (χ3v) is 6.42. The van der Waals surface area contributed by atoms with Gasteiger partial charge in [-0.2, -0.15) is 0 Å². The van der Waals surface area contributed by atoms with Crippen LogP contribution in [0.15, 0.2) is 0 Å². The Kier molecular flexibility index (Phi) is 7.17. The van der Waals surface area contributed by atoms with Gasteiger partial charge in [0.25, 0.3) is 0 Å². The fourth-order valence-electron chi connectivity index (χ4n) is 4.58. The fourth-order valence-corrected chi connectivity index (χ4v) is 4.58. The van der Waals surface area contributed by atoms with E-state index in [9.17, 15) is 0 Å². The monoisotopic (exact) mass is 309 g/mol. The summed E-state index contributed by atoms with van der Waals surface area (Å²) in [6, 6.07) is 0. The molecule has 3 aliphatic rings. The minimum absolute atomic E-state index is 0.669. The fraction of sp³-hybridized carbons (Fsp3) is 1.00. The zero-order valence-corrected chi connectivity index (χ0v) is 15.3. The summed E-state index contributed by atoms with van der Waals surface area (Å²) in [6.45, 7) is 12.7. The summed E-state index contributed by atoms with van der Waals surface area (Å²) in [4.78, 5) is 2.74. The molecule has 3 fully saturated rings. The van der Waals surface area contributed by atoms with Crippen LogP contribution in [0, 0.1) is 17.3 Å². The molecule has 0 amide bonds. The Morgan fingerprint density at radius 2 is 1.41 bits per heavy atom. The summed E-state index contributed by atoms with van der Waals surface area (Å²) in [6.07, 6.45) is 11.4. The van der Waals surface area contributed by atoms with Gasteiger partial charge in [-0.25, -0.2) is 5.01 Å². The summed E-state index contributed by atoms with van der Waals surface area (Å²) < 4.78 is 0. The average molecular weight is 310 g/mol. The number of piperidine rings is 2. The molecule has 0 bridgehead atoms. The summed E-state index contributed by atoms with van der Waals surface area (Å²) in [5.74, 6) is 7.85. The first-order chi connectivity index (χ1) is 10.7. The Morgan fingerprint density at radius 1 is 0.864 bits per heavy atom. The van der Waals surface area contributed by atoms with E-state index >= 15 is 0 Å². The van der Waals surface area contributed by atoms with Crippen molar-refractivity contribution in [2.75, 3.05) is 32.7 Å². The highest BCUT2D eigenvalue weighted by molar-refractivity contribution is 4.90. The first-order valence-electron chi connectivity index (χ1n) is 9.87. The number of nitrogens with two attached hydrogens (primary N) is 1. The summed E-state index contributed by atoms with van der Waals surface area (Å²) >= 11 is 0. The van der Waals surface area contributed by atoms with E-state index in [1.807, 2.05) is 18.9 Å². The minimum Gasteiger partial charge on any atom is -0.303 e. The van der Waals surface area contributed by atoms with Gasteiger partial charge in [0, 0.05) is 19.6 Å². The highest BCUT2D eigenvalue weighted by Gasteiger charge is 2.37. The van der Waals surface area contributed by atoms with Gasteiger partial charge < -0.3 is 4.90 Å². The normalized spacial score (nSPS) is 28.4. The molecule has 1 aliphatic carbocycles. The van der Waals surface area contributed by atoms with Crippen LogP contribution in [0.25, 0.3) is 0 Å². The second kappa shape index (κ2) is 8.65. The first-order valence-corrected chi connectivity index (χ1v) is 9.87. The second-order valence-electron chi connectivity index (χ2n) is 7.96. The lowest BCUT2D eigenvalue weighted by atomic mass is 9.65. The van der Waals surface area contributed by atoms with Gasteiger partial charge in [-0.3, -0.25) is 5.84 Å². The van der Waals surface area contributed by atoms with E-state index < -0.39 is 0 Å². The van der Waals surface area contributed by atoms with E-state index in [0.29, 0.717) is 5.41 Å². The first kappa shape index (κ1) is 18.2. The quantitative estimate of drug-likeness (QED) is 0.785. The van der Waals surface area contributed by atoms with Gasteiger partial charge in [0.05, 0.1) is 0 Å². The summed E-state index contributed by atoms with van der Waals surface area (Å²) in [5, 5.41) is 2.02. The SMILES string of the molecule is CC.CC1CCN(CC2CCC3(CC2)CCN(N)CC3)CC1. The van der Waals surface area contributed by atoms with Gasteiger partial charge in [0.15, 0.2) is 0 Å². The third kappa shape index (κ3) is 4.94. The molecule has 3 rings (SSSR count). The molecular weight excluding hydrogens is 270 g/mol. The van der Waals surface area contributed by atoms with E-state index in [1.165, 1.54) is 71.0 Å². The predicted octanol–water partition coefficient (Wildman–Crippen LogP) is 3.89. The van der Waals surface area contributed by atoms with Gasteiger partial charge in [-0.1, -0.05) is 20.8 Å². The van der Waals surface area contributed by atoms with Crippen LogP contribution in [0.4, 0.5) is 0 Å². The van der Waals surface area contributed by atoms with Crippen molar-refractivity contribution in [2.24, 2.45) is 23.1 Å². The smallest absolute Gasteiger partial charge is 0.0133 e. The molecule has 0 aromatic heterocycles. The Bertz CT molecular complexity index is 292. The maximum atomic E-state index is 5.91. The maximum absolute atomic E-state index is 5.91. The zero-order chi connectivity index (χ0) is 16.0. The van der Waals surface area contributed by atoms with Gasteiger partial charge >= 0.3 is 0 Å². The lowest BCUT2D eigenvalue weighted by Crippen LogP contribution is -2.46. The Hall–Kier alpha value is -0.120. The molecule has 1 spiro atoms. The lowest BCUT2D eigenvalue weighted by molar-refractivity contribution is 0.0413. The third-order valence-electron chi connectivity index (χ3n) is 6.42. The molecule has 2 N–H and O–H groups in total. The number of hydrogen-bond donors (Lipinski definition) is 1. The maximum Gasteiger partial charge on any atom is 0.0133 e. The Labute approximate surface area is 138 Å². The second-order valence-corrected chi connectivity index (χ2v) is 7.96. The molecule has 3 heteroatoms. The van der Waals surface area contributed by atoms with Crippen molar-refractivity contribution >= 4 is 0 Å². The lowest BCUT2D eigenvalue weighted by Gasteiger charge is -2.46. The molecular formula is C19H39N3. The molecule has 1 saturated carbocycles. The number of rotatable bonds is 2. The van der Waals surface area contributed by atoms with Crippen molar-refractivity contribution < 1.29 is 0 Å².